The number of benzene rings is 1. The van der Waals surface area contributed by atoms with Gasteiger partial charge < -0.3 is 5.11 Å². The highest BCUT2D eigenvalue weighted by molar-refractivity contribution is 7.92. The molecule has 0 aliphatic rings. The zero-order valence-electron chi connectivity index (χ0n) is 9.16. The van der Waals surface area contributed by atoms with Crippen molar-refractivity contribution in [2.45, 2.75) is 4.90 Å². The van der Waals surface area contributed by atoms with Gasteiger partial charge in [-0.15, -0.1) is 5.10 Å². The van der Waals surface area contributed by atoms with Crippen LogP contribution in [0.15, 0.2) is 29.2 Å². The summed E-state index contributed by atoms with van der Waals surface area (Å²) in [5.74, 6) is -2.16. The Morgan fingerprint density at radius 1 is 1.32 bits per heavy atom. The van der Waals surface area contributed by atoms with Crippen molar-refractivity contribution < 1.29 is 18.3 Å². The quantitative estimate of drug-likeness (QED) is 0.772. The van der Waals surface area contributed by atoms with E-state index in [1.54, 1.807) is 0 Å². The largest absolute Gasteiger partial charge is 0.475 e. The van der Waals surface area contributed by atoms with E-state index in [1.165, 1.54) is 24.3 Å². The van der Waals surface area contributed by atoms with Gasteiger partial charge in [-0.25, -0.2) is 17.9 Å². The number of nitrogens with zero attached hydrogens (tertiary/aromatic N) is 2. The van der Waals surface area contributed by atoms with E-state index >= 15 is 0 Å². The molecule has 1 heterocycles. The first kappa shape index (κ1) is 13.3. The highest BCUT2D eigenvalue weighted by Crippen LogP contribution is 2.16. The molecule has 0 saturated carbocycles. The van der Waals surface area contributed by atoms with Gasteiger partial charge in [-0.3, -0.25) is 5.10 Å². The van der Waals surface area contributed by atoms with Gasteiger partial charge >= 0.3 is 5.97 Å². The van der Waals surface area contributed by atoms with E-state index in [-0.39, 0.29) is 10.8 Å². The Kier molecular flexibility index (Phi) is 3.40. The Morgan fingerprint density at radius 2 is 1.95 bits per heavy atom. The molecule has 3 N–H and O–H groups in total. The summed E-state index contributed by atoms with van der Waals surface area (Å²) >= 11 is 5.65. The summed E-state index contributed by atoms with van der Waals surface area (Å²) in [5, 5.41) is 14.5. The molecule has 0 atom stereocenters. The minimum absolute atomic E-state index is 0.0430. The lowest BCUT2D eigenvalue weighted by Gasteiger charge is -2.03. The van der Waals surface area contributed by atoms with Crippen LogP contribution in [0.2, 0.25) is 5.02 Å². The number of aromatic carboxylic acids is 1. The summed E-state index contributed by atoms with van der Waals surface area (Å²) in [7, 11) is -3.89. The van der Waals surface area contributed by atoms with E-state index in [0.29, 0.717) is 5.02 Å². The van der Waals surface area contributed by atoms with Gasteiger partial charge in [0.2, 0.25) is 5.82 Å². The first-order valence-corrected chi connectivity index (χ1v) is 6.69. The van der Waals surface area contributed by atoms with Crippen LogP contribution in [0.4, 0.5) is 5.95 Å². The van der Waals surface area contributed by atoms with E-state index < -0.39 is 21.8 Å². The third kappa shape index (κ3) is 3.01. The molecule has 1 aromatic carbocycles. The van der Waals surface area contributed by atoms with Gasteiger partial charge in [0.15, 0.2) is 0 Å². The second-order valence-corrected chi connectivity index (χ2v) is 5.49. The van der Waals surface area contributed by atoms with Crippen LogP contribution in [0.1, 0.15) is 10.6 Å². The van der Waals surface area contributed by atoms with Crippen LogP contribution in [0.25, 0.3) is 0 Å². The standard InChI is InChI=1S/C9H7ClN4O4S/c10-5-1-3-6(4-2-5)19(17,18)14-9-11-7(8(15)16)12-13-9/h1-4H,(H,15,16)(H2,11,12,13,14). The van der Waals surface area contributed by atoms with Gasteiger partial charge in [-0.1, -0.05) is 11.6 Å². The number of anilines is 1. The van der Waals surface area contributed by atoms with Crippen LogP contribution in [0.5, 0.6) is 0 Å². The number of carboxylic acid groups (broad SMARTS) is 1. The Labute approximate surface area is 112 Å². The number of hydrogen-bond donors (Lipinski definition) is 3. The third-order valence-corrected chi connectivity index (χ3v) is 3.63. The van der Waals surface area contributed by atoms with Crippen LogP contribution < -0.4 is 4.72 Å². The molecule has 19 heavy (non-hydrogen) atoms. The van der Waals surface area contributed by atoms with Crippen molar-refractivity contribution in [2.24, 2.45) is 0 Å². The molecule has 8 nitrogen and oxygen atoms in total. The molecule has 0 bridgehead atoms. The Hall–Kier alpha value is -2.13. The van der Waals surface area contributed by atoms with Crippen molar-refractivity contribution in [3.05, 3.63) is 35.1 Å². The second-order valence-electron chi connectivity index (χ2n) is 3.37. The number of rotatable bonds is 4. The van der Waals surface area contributed by atoms with Crippen molar-refractivity contribution in [3.63, 3.8) is 0 Å². The van der Waals surface area contributed by atoms with Crippen molar-refractivity contribution in [3.8, 4) is 0 Å². The molecular weight excluding hydrogens is 296 g/mol. The van der Waals surface area contributed by atoms with Crippen molar-refractivity contribution in [1.82, 2.24) is 15.2 Å². The predicted molar refractivity (Wildman–Crippen MR) is 65.6 cm³/mol. The Morgan fingerprint density at radius 3 is 2.47 bits per heavy atom. The average molecular weight is 303 g/mol. The molecule has 0 radical (unpaired) electrons. The number of aromatic nitrogens is 3. The predicted octanol–water partition coefficient (Wildman–Crippen LogP) is 0.957. The van der Waals surface area contributed by atoms with Crippen molar-refractivity contribution in [2.75, 3.05) is 4.72 Å². The molecule has 0 fully saturated rings. The maximum Gasteiger partial charge on any atom is 0.373 e. The lowest BCUT2D eigenvalue weighted by Crippen LogP contribution is -2.14. The topological polar surface area (TPSA) is 125 Å². The minimum Gasteiger partial charge on any atom is -0.475 e. The summed E-state index contributed by atoms with van der Waals surface area (Å²) in [6.07, 6.45) is 0. The van der Waals surface area contributed by atoms with Gasteiger partial charge in [0.1, 0.15) is 0 Å². The highest BCUT2D eigenvalue weighted by Gasteiger charge is 2.18. The SMILES string of the molecule is O=C(O)c1nc(NS(=O)(=O)c2ccc(Cl)cc2)n[nH]1. The van der Waals surface area contributed by atoms with Gasteiger partial charge in [-0.05, 0) is 24.3 Å². The third-order valence-electron chi connectivity index (χ3n) is 2.04. The first-order chi connectivity index (χ1) is 8.88. The fourth-order valence-electron chi connectivity index (χ4n) is 1.20. The van der Waals surface area contributed by atoms with Crippen LogP contribution in [-0.2, 0) is 10.0 Å². The smallest absolute Gasteiger partial charge is 0.373 e. The first-order valence-electron chi connectivity index (χ1n) is 4.82. The molecule has 0 spiro atoms. The Balaban J connectivity index is 2.25. The van der Waals surface area contributed by atoms with Gasteiger partial charge in [0.05, 0.1) is 4.90 Å². The average Bonchev–Trinajstić information content (AvgIpc) is 2.77. The van der Waals surface area contributed by atoms with Gasteiger partial charge in [-0.2, -0.15) is 4.98 Å². The number of halogens is 1. The van der Waals surface area contributed by atoms with E-state index in [0.717, 1.165) is 0 Å². The maximum absolute atomic E-state index is 11.9. The Bertz CT molecular complexity index is 710. The highest BCUT2D eigenvalue weighted by atomic mass is 35.5. The van der Waals surface area contributed by atoms with Crippen molar-refractivity contribution >= 4 is 33.5 Å². The van der Waals surface area contributed by atoms with E-state index in [4.69, 9.17) is 16.7 Å². The van der Waals surface area contributed by atoms with E-state index in [1.807, 2.05) is 4.72 Å². The van der Waals surface area contributed by atoms with Gasteiger partial charge in [0, 0.05) is 5.02 Å². The summed E-state index contributed by atoms with van der Waals surface area (Å²) in [4.78, 5) is 14.0. The fourth-order valence-corrected chi connectivity index (χ4v) is 2.27. The monoisotopic (exact) mass is 302 g/mol. The van der Waals surface area contributed by atoms with Crippen LogP contribution >= 0.6 is 11.6 Å². The molecule has 100 valence electrons. The van der Waals surface area contributed by atoms with Crippen LogP contribution in [-0.4, -0.2) is 34.7 Å². The summed E-state index contributed by atoms with van der Waals surface area (Å²) in [6.45, 7) is 0. The number of sulfonamides is 1. The summed E-state index contributed by atoms with van der Waals surface area (Å²) in [5.41, 5.74) is 0. The number of hydrogen-bond acceptors (Lipinski definition) is 5. The fraction of sp³-hybridized carbons (Fsp3) is 0. The molecule has 0 amide bonds. The lowest BCUT2D eigenvalue weighted by molar-refractivity contribution is 0.0684. The number of aromatic amines is 1. The number of carboxylic acids is 1. The number of nitrogens with one attached hydrogen (secondary N) is 2. The second kappa shape index (κ2) is 4.86. The zero-order chi connectivity index (χ0) is 14.0. The molecule has 2 aromatic rings. The molecule has 0 aliphatic carbocycles. The lowest BCUT2D eigenvalue weighted by atomic mass is 10.4. The number of carbonyl (C=O) groups is 1. The van der Waals surface area contributed by atoms with Gasteiger partial charge in [0.25, 0.3) is 16.0 Å². The van der Waals surface area contributed by atoms with Crippen LogP contribution in [0, 0.1) is 0 Å². The summed E-state index contributed by atoms with van der Waals surface area (Å²) in [6, 6.07) is 5.43. The molecule has 0 saturated heterocycles. The maximum atomic E-state index is 11.9. The minimum atomic E-state index is -3.89. The van der Waals surface area contributed by atoms with E-state index in [9.17, 15) is 13.2 Å². The molecule has 1 aromatic heterocycles. The molecule has 2 rings (SSSR count). The molecule has 10 heteroatoms. The molecular formula is C9H7ClN4O4S. The molecule has 0 aliphatic heterocycles. The normalized spacial score (nSPS) is 11.2. The van der Waals surface area contributed by atoms with E-state index in [2.05, 4.69) is 15.2 Å². The van der Waals surface area contributed by atoms with Crippen LogP contribution in [0.3, 0.4) is 0 Å². The van der Waals surface area contributed by atoms with Crippen molar-refractivity contribution in [1.29, 1.82) is 0 Å². The summed E-state index contributed by atoms with van der Waals surface area (Å²) < 4.78 is 25.8. The number of H-pyrrole nitrogens is 1. The molecule has 0 unspecified atom stereocenters. The zero-order valence-corrected chi connectivity index (χ0v) is 10.7.